The van der Waals surface area contributed by atoms with Gasteiger partial charge in [-0.25, -0.2) is 0 Å². The number of hydrogen-bond acceptors (Lipinski definition) is 2. The zero-order valence-electron chi connectivity index (χ0n) is 9.84. The van der Waals surface area contributed by atoms with Gasteiger partial charge in [-0.1, -0.05) is 19.3 Å². The highest BCUT2D eigenvalue weighted by atomic mass is 16.5. The van der Waals surface area contributed by atoms with Crippen molar-refractivity contribution < 1.29 is 4.74 Å². The van der Waals surface area contributed by atoms with E-state index < -0.39 is 0 Å². The predicted octanol–water partition coefficient (Wildman–Crippen LogP) is 2.87. The van der Waals surface area contributed by atoms with Gasteiger partial charge in [0.15, 0.2) is 0 Å². The summed E-state index contributed by atoms with van der Waals surface area (Å²) in [6, 6.07) is 0.822. The van der Waals surface area contributed by atoms with E-state index in [9.17, 15) is 0 Å². The fraction of sp³-hybridized carbons (Fsp3) is 1.00. The molecule has 1 N–H and O–H groups in total. The molecule has 1 aliphatic heterocycles. The van der Waals surface area contributed by atoms with Crippen LogP contribution < -0.4 is 5.32 Å². The van der Waals surface area contributed by atoms with Crippen LogP contribution in [0.3, 0.4) is 0 Å². The van der Waals surface area contributed by atoms with Crippen molar-refractivity contribution in [1.29, 1.82) is 0 Å². The molecule has 88 valence electrons. The molecule has 0 radical (unpaired) electrons. The Hall–Kier alpha value is -0.0800. The molecular formula is C13H25NO. The summed E-state index contributed by atoms with van der Waals surface area (Å²) in [6.07, 6.45) is 12.8. The average Bonchev–Trinajstić information content (AvgIpc) is 2.79. The molecule has 2 heteroatoms. The Morgan fingerprint density at radius 2 is 1.87 bits per heavy atom. The lowest BCUT2D eigenvalue weighted by Gasteiger charge is -2.23. The molecule has 2 aliphatic rings. The molecule has 1 saturated carbocycles. The molecule has 2 fully saturated rings. The Bertz CT molecular complexity index is 160. The van der Waals surface area contributed by atoms with Crippen molar-refractivity contribution in [2.24, 2.45) is 0 Å². The first-order chi connectivity index (χ1) is 7.45. The molecule has 15 heavy (non-hydrogen) atoms. The molecule has 1 aliphatic carbocycles. The summed E-state index contributed by atoms with van der Waals surface area (Å²) >= 11 is 0. The third-order valence-corrected chi connectivity index (χ3v) is 3.77. The van der Waals surface area contributed by atoms with Crippen LogP contribution in [0.5, 0.6) is 0 Å². The smallest absolute Gasteiger partial charge is 0.0576 e. The van der Waals surface area contributed by atoms with Crippen LogP contribution in [0.4, 0.5) is 0 Å². The maximum Gasteiger partial charge on any atom is 0.0576 e. The zero-order chi connectivity index (χ0) is 10.3. The Kier molecular flexibility index (Phi) is 4.94. The van der Waals surface area contributed by atoms with E-state index in [4.69, 9.17) is 4.74 Å². The first-order valence-corrected chi connectivity index (χ1v) is 6.80. The van der Waals surface area contributed by atoms with E-state index >= 15 is 0 Å². The Balaban J connectivity index is 1.47. The SMILES string of the molecule is C1CCC(NCCCC2CCCO2)CC1. The number of nitrogens with one attached hydrogen (secondary N) is 1. The lowest BCUT2D eigenvalue weighted by molar-refractivity contribution is 0.102. The molecule has 2 rings (SSSR count). The van der Waals surface area contributed by atoms with Gasteiger partial charge in [-0.2, -0.15) is 0 Å². The maximum absolute atomic E-state index is 5.62. The van der Waals surface area contributed by atoms with Crippen LogP contribution in [0.2, 0.25) is 0 Å². The summed E-state index contributed by atoms with van der Waals surface area (Å²) in [5.74, 6) is 0. The molecule has 1 saturated heterocycles. The highest BCUT2D eigenvalue weighted by molar-refractivity contribution is 4.72. The molecule has 1 atom stereocenters. The maximum atomic E-state index is 5.62. The Morgan fingerprint density at radius 3 is 2.60 bits per heavy atom. The van der Waals surface area contributed by atoms with Crippen LogP contribution in [-0.2, 0) is 4.74 Å². The molecule has 2 nitrogen and oxygen atoms in total. The molecule has 0 aromatic carbocycles. The van der Waals surface area contributed by atoms with Crippen molar-refractivity contribution >= 4 is 0 Å². The molecule has 0 bridgehead atoms. The minimum atomic E-state index is 0.582. The van der Waals surface area contributed by atoms with Crippen molar-refractivity contribution in [3.63, 3.8) is 0 Å². The van der Waals surface area contributed by atoms with Crippen LogP contribution in [0.25, 0.3) is 0 Å². The predicted molar refractivity (Wildman–Crippen MR) is 63.1 cm³/mol. The van der Waals surface area contributed by atoms with Crippen molar-refractivity contribution in [1.82, 2.24) is 5.32 Å². The standard InChI is InChI=1S/C13H25NO/c1-2-6-12(7-3-1)14-10-4-8-13-9-5-11-15-13/h12-14H,1-11H2. The van der Waals surface area contributed by atoms with Crippen molar-refractivity contribution in [3.05, 3.63) is 0 Å². The monoisotopic (exact) mass is 211 g/mol. The van der Waals surface area contributed by atoms with Gasteiger partial charge in [0, 0.05) is 12.6 Å². The summed E-state index contributed by atoms with van der Waals surface area (Å²) in [4.78, 5) is 0. The second kappa shape index (κ2) is 6.49. The summed E-state index contributed by atoms with van der Waals surface area (Å²) in [5, 5.41) is 3.69. The van der Waals surface area contributed by atoms with Gasteiger partial charge in [0.2, 0.25) is 0 Å². The normalized spacial score (nSPS) is 28.4. The van der Waals surface area contributed by atoms with E-state index in [1.165, 1.54) is 64.3 Å². The topological polar surface area (TPSA) is 21.3 Å². The van der Waals surface area contributed by atoms with E-state index in [2.05, 4.69) is 5.32 Å². The first kappa shape index (κ1) is 11.4. The highest BCUT2D eigenvalue weighted by Crippen LogP contribution is 2.18. The molecule has 1 unspecified atom stereocenters. The van der Waals surface area contributed by atoms with Gasteiger partial charge in [0.1, 0.15) is 0 Å². The van der Waals surface area contributed by atoms with Crippen LogP contribution >= 0.6 is 0 Å². The Morgan fingerprint density at radius 1 is 1.00 bits per heavy atom. The lowest BCUT2D eigenvalue weighted by Crippen LogP contribution is -2.32. The van der Waals surface area contributed by atoms with Crippen molar-refractivity contribution in [2.45, 2.75) is 69.9 Å². The minimum Gasteiger partial charge on any atom is -0.378 e. The number of hydrogen-bond donors (Lipinski definition) is 1. The van der Waals surface area contributed by atoms with Gasteiger partial charge in [-0.3, -0.25) is 0 Å². The van der Waals surface area contributed by atoms with Crippen LogP contribution in [-0.4, -0.2) is 25.3 Å². The third kappa shape index (κ3) is 4.12. The molecule has 1 heterocycles. The van der Waals surface area contributed by atoms with Gasteiger partial charge in [0.05, 0.1) is 6.10 Å². The van der Waals surface area contributed by atoms with E-state index in [1.54, 1.807) is 0 Å². The molecule has 0 amide bonds. The van der Waals surface area contributed by atoms with E-state index in [1.807, 2.05) is 0 Å². The Labute approximate surface area is 93.8 Å². The van der Waals surface area contributed by atoms with Crippen LogP contribution in [0.1, 0.15) is 57.8 Å². The fourth-order valence-electron chi connectivity index (χ4n) is 2.81. The molecule has 0 aromatic rings. The molecule has 0 aromatic heterocycles. The fourth-order valence-corrected chi connectivity index (χ4v) is 2.81. The van der Waals surface area contributed by atoms with Gasteiger partial charge >= 0.3 is 0 Å². The summed E-state index contributed by atoms with van der Waals surface area (Å²) in [6.45, 7) is 2.20. The molecule has 0 spiro atoms. The first-order valence-electron chi connectivity index (χ1n) is 6.80. The van der Waals surface area contributed by atoms with Gasteiger partial charge in [0.25, 0.3) is 0 Å². The number of rotatable bonds is 5. The van der Waals surface area contributed by atoms with Gasteiger partial charge in [-0.05, 0) is 45.1 Å². The second-order valence-electron chi connectivity index (χ2n) is 5.07. The summed E-state index contributed by atoms with van der Waals surface area (Å²) in [7, 11) is 0. The largest absolute Gasteiger partial charge is 0.378 e. The van der Waals surface area contributed by atoms with Crippen LogP contribution in [0, 0.1) is 0 Å². The van der Waals surface area contributed by atoms with E-state index in [0.717, 1.165) is 12.6 Å². The number of ether oxygens (including phenoxy) is 1. The minimum absolute atomic E-state index is 0.582. The quantitative estimate of drug-likeness (QED) is 0.706. The van der Waals surface area contributed by atoms with Crippen LogP contribution in [0.15, 0.2) is 0 Å². The van der Waals surface area contributed by atoms with Gasteiger partial charge in [-0.15, -0.1) is 0 Å². The van der Waals surface area contributed by atoms with Gasteiger partial charge < -0.3 is 10.1 Å². The highest BCUT2D eigenvalue weighted by Gasteiger charge is 2.15. The van der Waals surface area contributed by atoms with E-state index in [-0.39, 0.29) is 0 Å². The third-order valence-electron chi connectivity index (χ3n) is 3.77. The van der Waals surface area contributed by atoms with Crippen molar-refractivity contribution in [3.8, 4) is 0 Å². The summed E-state index contributed by atoms with van der Waals surface area (Å²) < 4.78 is 5.62. The lowest BCUT2D eigenvalue weighted by atomic mass is 9.95. The zero-order valence-corrected chi connectivity index (χ0v) is 9.84. The van der Waals surface area contributed by atoms with E-state index in [0.29, 0.717) is 6.10 Å². The molecular weight excluding hydrogens is 186 g/mol. The summed E-state index contributed by atoms with van der Waals surface area (Å²) in [5.41, 5.74) is 0. The average molecular weight is 211 g/mol. The van der Waals surface area contributed by atoms with Crippen molar-refractivity contribution in [2.75, 3.05) is 13.2 Å². The second-order valence-corrected chi connectivity index (χ2v) is 5.07.